The normalized spacial score (nSPS) is 11.0. The first-order chi connectivity index (χ1) is 10.7. The van der Waals surface area contributed by atoms with Gasteiger partial charge >= 0.3 is 5.97 Å². The summed E-state index contributed by atoms with van der Waals surface area (Å²) in [5, 5.41) is 0. The Labute approximate surface area is 130 Å². The second kappa shape index (κ2) is 7.84. The van der Waals surface area contributed by atoms with Crippen molar-refractivity contribution in [2.75, 3.05) is 7.11 Å². The van der Waals surface area contributed by atoms with Gasteiger partial charge in [-0.15, -0.1) is 0 Å². The molecule has 2 aromatic carbocycles. The first-order valence-electron chi connectivity index (χ1n) is 6.98. The molecule has 0 amide bonds. The molecule has 0 heterocycles. The highest BCUT2D eigenvalue weighted by Gasteiger charge is 2.08. The lowest BCUT2D eigenvalue weighted by Gasteiger charge is -2.08. The van der Waals surface area contributed by atoms with Gasteiger partial charge in [-0.25, -0.2) is 4.79 Å². The summed E-state index contributed by atoms with van der Waals surface area (Å²) in [6.07, 6.45) is 6.99. The van der Waals surface area contributed by atoms with E-state index in [1.165, 1.54) is 6.08 Å². The summed E-state index contributed by atoms with van der Waals surface area (Å²) in [6.45, 7) is 1.94. The van der Waals surface area contributed by atoms with Gasteiger partial charge in [0.15, 0.2) is 11.5 Å². The summed E-state index contributed by atoms with van der Waals surface area (Å²) in [4.78, 5) is 11.9. The van der Waals surface area contributed by atoms with Crippen LogP contribution in [-0.4, -0.2) is 13.1 Å². The SMILES string of the molecule is CC=Cc1ccc(OC(=O)C=Cc2ccccc2)c(OC)c1. The van der Waals surface area contributed by atoms with E-state index in [-0.39, 0.29) is 0 Å². The van der Waals surface area contributed by atoms with Crippen LogP contribution in [-0.2, 0) is 4.79 Å². The zero-order chi connectivity index (χ0) is 15.8. The Kier molecular flexibility index (Phi) is 5.55. The minimum atomic E-state index is -0.444. The van der Waals surface area contributed by atoms with E-state index in [0.717, 1.165) is 11.1 Å². The van der Waals surface area contributed by atoms with Crippen molar-refractivity contribution in [3.63, 3.8) is 0 Å². The number of esters is 1. The maximum atomic E-state index is 11.9. The molecule has 2 rings (SSSR count). The fourth-order valence-corrected chi connectivity index (χ4v) is 1.94. The topological polar surface area (TPSA) is 35.5 Å². The summed E-state index contributed by atoms with van der Waals surface area (Å²) >= 11 is 0. The molecule has 0 saturated heterocycles. The summed E-state index contributed by atoms with van der Waals surface area (Å²) in [5.74, 6) is 0.483. The van der Waals surface area contributed by atoms with E-state index in [1.807, 2.05) is 61.5 Å². The number of benzene rings is 2. The number of rotatable bonds is 5. The molecule has 0 radical (unpaired) electrons. The van der Waals surface area contributed by atoms with Gasteiger partial charge < -0.3 is 9.47 Å². The van der Waals surface area contributed by atoms with Gasteiger partial charge in [0.25, 0.3) is 0 Å². The number of methoxy groups -OCH3 is 1. The van der Waals surface area contributed by atoms with Gasteiger partial charge in [-0.2, -0.15) is 0 Å². The summed E-state index contributed by atoms with van der Waals surface area (Å²) in [6, 6.07) is 15.0. The van der Waals surface area contributed by atoms with Gasteiger partial charge in [0.1, 0.15) is 0 Å². The highest BCUT2D eigenvalue weighted by molar-refractivity contribution is 5.89. The molecular weight excluding hydrogens is 276 g/mol. The number of allylic oxidation sites excluding steroid dienone is 1. The standard InChI is InChI=1S/C19H18O3/c1-3-7-16-10-12-17(18(14-16)21-2)22-19(20)13-11-15-8-5-4-6-9-15/h3-14H,1-2H3. The molecule has 22 heavy (non-hydrogen) atoms. The average molecular weight is 294 g/mol. The molecule has 0 unspecified atom stereocenters. The van der Waals surface area contributed by atoms with Crippen LogP contribution in [0.5, 0.6) is 11.5 Å². The third-order valence-corrected chi connectivity index (χ3v) is 2.97. The number of carbonyl (C=O) groups is 1. The molecule has 112 valence electrons. The van der Waals surface area contributed by atoms with Crippen molar-refractivity contribution in [1.82, 2.24) is 0 Å². The lowest BCUT2D eigenvalue weighted by molar-refractivity contribution is -0.129. The van der Waals surface area contributed by atoms with Crippen molar-refractivity contribution in [3.05, 3.63) is 71.8 Å². The van der Waals surface area contributed by atoms with E-state index in [1.54, 1.807) is 19.3 Å². The Hall–Kier alpha value is -2.81. The van der Waals surface area contributed by atoms with Crippen molar-refractivity contribution < 1.29 is 14.3 Å². The second-order valence-electron chi connectivity index (χ2n) is 4.58. The molecule has 0 bridgehead atoms. The number of carbonyl (C=O) groups excluding carboxylic acids is 1. The van der Waals surface area contributed by atoms with E-state index in [2.05, 4.69) is 0 Å². The molecule has 2 aromatic rings. The third-order valence-electron chi connectivity index (χ3n) is 2.97. The molecule has 0 aliphatic heterocycles. The van der Waals surface area contributed by atoms with Crippen LogP contribution >= 0.6 is 0 Å². The van der Waals surface area contributed by atoms with E-state index >= 15 is 0 Å². The molecule has 3 heteroatoms. The predicted octanol–water partition coefficient (Wildman–Crippen LogP) is 4.35. The molecule has 0 aliphatic rings. The molecular formula is C19H18O3. The predicted molar refractivity (Wildman–Crippen MR) is 88.8 cm³/mol. The fraction of sp³-hybridized carbons (Fsp3) is 0.105. The molecule has 0 aliphatic carbocycles. The summed E-state index contributed by atoms with van der Waals surface area (Å²) < 4.78 is 10.6. The number of ether oxygens (including phenoxy) is 2. The van der Waals surface area contributed by atoms with Crippen LogP contribution in [0.15, 0.2) is 60.7 Å². The lowest BCUT2D eigenvalue weighted by Crippen LogP contribution is -2.05. The Morgan fingerprint density at radius 2 is 1.73 bits per heavy atom. The van der Waals surface area contributed by atoms with E-state index in [9.17, 15) is 4.79 Å². The number of hydrogen-bond donors (Lipinski definition) is 0. The van der Waals surface area contributed by atoms with Gasteiger partial charge in [0, 0.05) is 6.08 Å². The first-order valence-corrected chi connectivity index (χ1v) is 6.98. The summed E-state index contributed by atoms with van der Waals surface area (Å²) in [5.41, 5.74) is 1.92. The van der Waals surface area contributed by atoms with E-state index < -0.39 is 5.97 Å². The van der Waals surface area contributed by atoms with Crippen LogP contribution < -0.4 is 9.47 Å². The largest absolute Gasteiger partial charge is 0.493 e. The zero-order valence-corrected chi connectivity index (χ0v) is 12.7. The Morgan fingerprint density at radius 3 is 2.41 bits per heavy atom. The van der Waals surface area contributed by atoms with E-state index in [4.69, 9.17) is 9.47 Å². The quantitative estimate of drug-likeness (QED) is 0.467. The second-order valence-corrected chi connectivity index (χ2v) is 4.58. The molecule has 0 N–H and O–H groups in total. The van der Waals surface area contributed by atoms with Gasteiger partial charge in [-0.3, -0.25) is 0 Å². The highest BCUT2D eigenvalue weighted by Crippen LogP contribution is 2.28. The van der Waals surface area contributed by atoms with Crippen molar-refractivity contribution in [3.8, 4) is 11.5 Å². The lowest BCUT2D eigenvalue weighted by atomic mass is 10.2. The molecule has 0 aromatic heterocycles. The Morgan fingerprint density at radius 1 is 0.955 bits per heavy atom. The number of hydrogen-bond acceptors (Lipinski definition) is 3. The zero-order valence-electron chi connectivity index (χ0n) is 12.7. The molecule has 0 fully saturated rings. The highest BCUT2D eigenvalue weighted by atomic mass is 16.6. The molecule has 3 nitrogen and oxygen atoms in total. The minimum absolute atomic E-state index is 0.401. The minimum Gasteiger partial charge on any atom is -0.493 e. The smallest absolute Gasteiger partial charge is 0.336 e. The van der Waals surface area contributed by atoms with Crippen molar-refractivity contribution in [2.24, 2.45) is 0 Å². The van der Waals surface area contributed by atoms with Crippen LogP contribution in [0.2, 0.25) is 0 Å². The average Bonchev–Trinajstić information content (AvgIpc) is 2.55. The molecule has 0 spiro atoms. The third kappa shape index (κ3) is 4.35. The van der Waals surface area contributed by atoms with Gasteiger partial charge in [0.05, 0.1) is 7.11 Å². The summed E-state index contributed by atoms with van der Waals surface area (Å²) in [7, 11) is 1.55. The maximum Gasteiger partial charge on any atom is 0.336 e. The van der Waals surface area contributed by atoms with Crippen LogP contribution in [0.25, 0.3) is 12.2 Å². The Balaban J connectivity index is 2.09. The first kappa shape index (κ1) is 15.6. The van der Waals surface area contributed by atoms with Crippen molar-refractivity contribution in [1.29, 1.82) is 0 Å². The van der Waals surface area contributed by atoms with Crippen LogP contribution in [0, 0.1) is 0 Å². The fourth-order valence-electron chi connectivity index (χ4n) is 1.94. The monoisotopic (exact) mass is 294 g/mol. The van der Waals surface area contributed by atoms with E-state index in [0.29, 0.717) is 11.5 Å². The Bertz CT molecular complexity index is 685. The van der Waals surface area contributed by atoms with Crippen LogP contribution in [0.1, 0.15) is 18.1 Å². The van der Waals surface area contributed by atoms with Crippen LogP contribution in [0.4, 0.5) is 0 Å². The van der Waals surface area contributed by atoms with Crippen molar-refractivity contribution in [2.45, 2.75) is 6.92 Å². The van der Waals surface area contributed by atoms with Gasteiger partial charge in [0.2, 0.25) is 0 Å². The van der Waals surface area contributed by atoms with Crippen LogP contribution in [0.3, 0.4) is 0 Å². The maximum absolute atomic E-state index is 11.9. The van der Waals surface area contributed by atoms with Gasteiger partial charge in [-0.05, 0) is 36.3 Å². The molecule has 0 atom stereocenters. The van der Waals surface area contributed by atoms with Gasteiger partial charge in [-0.1, -0.05) is 48.6 Å². The van der Waals surface area contributed by atoms with Crippen molar-refractivity contribution >= 4 is 18.1 Å². The molecule has 0 saturated carbocycles.